The third-order valence-corrected chi connectivity index (χ3v) is 3.90. The first-order valence-corrected chi connectivity index (χ1v) is 7.24. The van der Waals surface area contributed by atoms with Crippen molar-refractivity contribution in [2.75, 3.05) is 0 Å². The number of para-hydroxylation sites is 1. The van der Waals surface area contributed by atoms with E-state index in [4.69, 9.17) is 4.74 Å². The van der Waals surface area contributed by atoms with Crippen LogP contribution in [0.2, 0.25) is 0 Å². The number of aromatic nitrogens is 2. The van der Waals surface area contributed by atoms with E-state index in [-0.39, 0.29) is 6.10 Å². The van der Waals surface area contributed by atoms with Gasteiger partial charge in [-0.3, -0.25) is 0 Å². The van der Waals surface area contributed by atoms with Crippen molar-refractivity contribution in [1.29, 1.82) is 0 Å². The Bertz CT molecular complexity index is 574. The molecular weight excluding hydrogens is 248 g/mol. The Morgan fingerprint density at radius 1 is 1.20 bits per heavy atom. The van der Waals surface area contributed by atoms with Gasteiger partial charge in [0.15, 0.2) is 0 Å². The van der Waals surface area contributed by atoms with Crippen LogP contribution in [0, 0.1) is 13.8 Å². The van der Waals surface area contributed by atoms with E-state index in [0.29, 0.717) is 6.04 Å². The minimum absolute atomic E-state index is 0.193. The molecule has 0 saturated carbocycles. The van der Waals surface area contributed by atoms with E-state index < -0.39 is 0 Å². The molecule has 0 saturated heterocycles. The minimum atomic E-state index is 0.193. The minimum Gasteiger partial charge on any atom is -0.490 e. The van der Waals surface area contributed by atoms with Crippen molar-refractivity contribution in [3.63, 3.8) is 0 Å². The molecule has 0 aliphatic carbocycles. The van der Waals surface area contributed by atoms with Gasteiger partial charge in [0.25, 0.3) is 5.82 Å². The lowest BCUT2D eigenvalue weighted by molar-refractivity contribution is -0.677. The molecule has 1 aromatic heterocycles. The van der Waals surface area contributed by atoms with E-state index in [1.165, 1.54) is 11.4 Å². The molecule has 0 amide bonds. The maximum Gasteiger partial charge on any atom is 0.253 e. The summed E-state index contributed by atoms with van der Waals surface area (Å²) in [6, 6.07) is 8.61. The van der Waals surface area contributed by atoms with E-state index in [1.807, 2.05) is 18.2 Å². The molecule has 0 spiro atoms. The lowest BCUT2D eigenvalue weighted by Gasteiger charge is -2.19. The quantitative estimate of drug-likeness (QED) is 0.764. The normalized spacial score (nSPS) is 14.1. The Labute approximate surface area is 121 Å². The van der Waals surface area contributed by atoms with Gasteiger partial charge in [-0.25, -0.2) is 9.13 Å². The lowest BCUT2D eigenvalue weighted by atomic mass is 10.1. The van der Waals surface area contributed by atoms with Crippen LogP contribution in [0.5, 0.6) is 5.75 Å². The average molecular weight is 273 g/mol. The second kappa shape index (κ2) is 6.12. The Morgan fingerprint density at radius 3 is 2.50 bits per heavy atom. The van der Waals surface area contributed by atoms with Gasteiger partial charge in [-0.2, -0.15) is 0 Å². The number of hydrogen-bond acceptors (Lipinski definition) is 1. The topological polar surface area (TPSA) is 18.0 Å². The molecule has 2 unspecified atom stereocenters. The van der Waals surface area contributed by atoms with Crippen molar-refractivity contribution in [3.8, 4) is 5.75 Å². The van der Waals surface area contributed by atoms with Crippen molar-refractivity contribution >= 4 is 0 Å². The molecule has 108 valence electrons. The van der Waals surface area contributed by atoms with E-state index >= 15 is 0 Å². The standard InChI is InChI=1S/C17H25N2O/c1-13-8-6-7-9-17(13)20-15(3)12-14(2)19-11-10-18(5)16(19)4/h6-11,14-15H,12H2,1-5H3/q+1. The van der Waals surface area contributed by atoms with Gasteiger partial charge in [-0.05, 0) is 32.4 Å². The third-order valence-electron chi connectivity index (χ3n) is 3.90. The summed E-state index contributed by atoms with van der Waals surface area (Å²) < 4.78 is 10.5. The summed E-state index contributed by atoms with van der Waals surface area (Å²) in [5.41, 5.74) is 1.19. The van der Waals surface area contributed by atoms with Crippen LogP contribution in [0.1, 0.15) is 37.7 Å². The van der Waals surface area contributed by atoms with Crippen LogP contribution in [0.3, 0.4) is 0 Å². The third kappa shape index (κ3) is 3.21. The summed E-state index contributed by atoms with van der Waals surface area (Å²) in [6.07, 6.45) is 5.42. The van der Waals surface area contributed by atoms with Gasteiger partial charge in [0, 0.05) is 13.3 Å². The first kappa shape index (κ1) is 14.6. The lowest BCUT2D eigenvalue weighted by Crippen LogP contribution is -2.30. The largest absolute Gasteiger partial charge is 0.490 e. The molecule has 0 aliphatic heterocycles. The molecule has 3 nitrogen and oxygen atoms in total. The van der Waals surface area contributed by atoms with Crippen molar-refractivity contribution < 1.29 is 9.30 Å². The molecular formula is C17H25N2O+. The van der Waals surface area contributed by atoms with E-state index in [2.05, 4.69) is 62.3 Å². The summed E-state index contributed by atoms with van der Waals surface area (Å²) in [7, 11) is 2.08. The smallest absolute Gasteiger partial charge is 0.253 e. The number of imidazole rings is 1. The van der Waals surface area contributed by atoms with Gasteiger partial charge in [0.1, 0.15) is 24.2 Å². The van der Waals surface area contributed by atoms with Gasteiger partial charge in [-0.15, -0.1) is 0 Å². The molecule has 3 heteroatoms. The van der Waals surface area contributed by atoms with E-state index in [1.54, 1.807) is 0 Å². The van der Waals surface area contributed by atoms with Crippen LogP contribution in [0.25, 0.3) is 0 Å². The maximum absolute atomic E-state index is 6.06. The first-order valence-electron chi connectivity index (χ1n) is 7.24. The molecule has 2 atom stereocenters. The molecule has 0 fully saturated rings. The molecule has 0 N–H and O–H groups in total. The van der Waals surface area contributed by atoms with Gasteiger partial charge < -0.3 is 4.74 Å². The number of hydrogen-bond donors (Lipinski definition) is 0. The van der Waals surface area contributed by atoms with Crippen molar-refractivity contribution in [2.24, 2.45) is 7.05 Å². The fraction of sp³-hybridized carbons (Fsp3) is 0.471. The SMILES string of the molecule is Cc1ccccc1OC(C)CC(C)n1cc[n+](C)c1C. The van der Waals surface area contributed by atoms with E-state index in [0.717, 1.165) is 12.2 Å². The molecule has 0 aliphatic rings. The second-order valence-electron chi connectivity index (χ2n) is 5.64. The highest BCUT2D eigenvalue weighted by atomic mass is 16.5. The zero-order chi connectivity index (χ0) is 14.7. The van der Waals surface area contributed by atoms with Crippen LogP contribution in [0.4, 0.5) is 0 Å². The number of nitrogens with zero attached hydrogens (tertiary/aromatic N) is 2. The molecule has 0 bridgehead atoms. The Morgan fingerprint density at radius 2 is 1.90 bits per heavy atom. The number of rotatable bonds is 5. The average Bonchev–Trinajstić information content (AvgIpc) is 2.73. The molecule has 0 radical (unpaired) electrons. The summed E-state index contributed by atoms with van der Waals surface area (Å²) in [6.45, 7) is 8.61. The summed E-state index contributed by atoms with van der Waals surface area (Å²) in [5.74, 6) is 2.25. The van der Waals surface area contributed by atoms with E-state index in [9.17, 15) is 0 Å². The number of aryl methyl sites for hydroxylation is 2. The fourth-order valence-electron chi connectivity index (χ4n) is 2.58. The van der Waals surface area contributed by atoms with Gasteiger partial charge in [0.05, 0.1) is 13.2 Å². The molecule has 1 aromatic carbocycles. The van der Waals surface area contributed by atoms with Gasteiger partial charge in [-0.1, -0.05) is 18.2 Å². The van der Waals surface area contributed by atoms with Gasteiger partial charge >= 0.3 is 0 Å². The Kier molecular flexibility index (Phi) is 4.48. The first-order chi connectivity index (χ1) is 9.49. The number of benzene rings is 1. The zero-order valence-electron chi connectivity index (χ0n) is 13.1. The van der Waals surface area contributed by atoms with Crippen molar-refractivity contribution in [3.05, 3.63) is 48.0 Å². The maximum atomic E-state index is 6.06. The predicted molar refractivity (Wildman–Crippen MR) is 80.9 cm³/mol. The zero-order valence-corrected chi connectivity index (χ0v) is 13.1. The summed E-state index contributed by atoms with van der Waals surface area (Å²) in [4.78, 5) is 0. The van der Waals surface area contributed by atoms with Crippen LogP contribution in [-0.4, -0.2) is 10.7 Å². The predicted octanol–water partition coefficient (Wildman–Crippen LogP) is 3.35. The van der Waals surface area contributed by atoms with Crippen LogP contribution >= 0.6 is 0 Å². The fourth-order valence-corrected chi connectivity index (χ4v) is 2.58. The van der Waals surface area contributed by atoms with Crippen molar-refractivity contribution in [1.82, 2.24) is 4.57 Å². The highest BCUT2D eigenvalue weighted by Crippen LogP contribution is 2.22. The van der Waals surface area contributed by atoms with Crippen molar-refractivity contribution in [2.45, 2.75) is 46.3 Å². The highest BCUT2D eigenvalue weighted by molar-refractivity contribution is 5.31. The van der Waals surface area contributed by atoms with Crippen LogP contribution < -0.4 is 9.30 Å². The molecule has 2 rings (SSSR count). The molecule has 1 heterocycles. The highest BCUT2D eigenvalue weighted by Gasteiger charge is 2.19. The van der Waals surface area contributed by atoms with Crippen LogP contribution in [-0.2, 0) is 7.05 Å². The molecule has 2 aromatic rings. The Balaban J connectivity index is 1.99. The Hall–Kier alpha value is -1.77. The van der Waals surface area contributed by atoms with Crippen LogP contribution in [0.15, 0.2) is 36.7 Å². The molecule has 20 heavy (non-hydrogen) atoms. The summed E-state index contributed by atoms with van der Waals surface area (Å²) in [5, 5.41) is 0. The number of ether oxygens (including phenoxy) is 1. The van der Waals surface area contributed by atoms with Gasteiger partial charge in [0.2, 0.25) is 0 Å². The second-order valence-corrected chi connectivity index (χ2v) is 5.64. The monoisotopic (exact) mass is 273 g/mol. The summed E-state index contributed by atoms with van der Waals surface area (Å²) >= 11 is 0.